The van der Waals surface area contributed by atoms with Crippen LogP contribution in [0.4, 0.5) is 5.69 Å². The third kappa shape index (κ3) is 2.58. The van der Waals surface area contributed by atoms with E-state index in [4.69, 9.17) is 5.11 Å². The second-order valence-corrected chi connectivity index (χ2v) is 4.92. The molecule has 1 amide bonds. The van der Waals surface area contributed by atoms with E-state index in [0.717, 1.165) is 12.8 Å². The van der Waals surface area contributed by atoms with E-state index in [0.29, 0.717) is 11.4 Å². The molecular formula is C11H16N4O4. The second-order valence-electron chi connectivity index (χ2n) is 4.92. The molecule has 1 fully saturated rings. The van der Waals surface area contributed by atoms with Crippen molar-refractivity contribution in [3.05, 3.63) is 21.5 Å². The van der Waals surface area contributed by atoms with Crippen LogP contribution in [0.2, 0.25) is 0 Å². The molecule has 0 radical (unpaired) electrons. The summed E-state index contributed by atoms with van der Waals surface area (Å²) in [5, 5.41) is 26.7. The average molecular weight is 268 g/mol. The third-order valence-corrected chi connectivity index (χ3v) is 3.38. The Balaban J connectivity index is 2.09. The van der Waals surface area contributed by atoms with Gasteiger partial charge < -0.3 is 10.4 Å². The van der Waals surface area contributed by atoms with Crippen LogP contribution in [0.15, 0.2) is 0 Å². The maximum absolute atomic E-state index is 11.8. The number of carbonyl (C=O) groups excluding carboxylic acids is 1. The first-order chi connectivity index (χ1) is 8.88. The number of hydrogen-bond acceptors (Lipinski definition) is 5. The molecule has 0 aliphatic heterocycles. The zero-order valence-corrected chi connectivity index (χ0v) is 10.8. The molecule has 8 nitrogen and oxygen atoms in total. The van der Waals surface area contributed by atoms with Crippen molar-refractivity contribution in [1.29, 1.82) is 0 Å². The lowest BCUT2D eigenvalue weighted by Crippen LogP contribution is -2.41. The van der Waals surface area contributed by atoms with Crippen molar-refractivity contribution in [2.45, 2.75) is 38.8 Å². The lowest BCUT2D eigenvalue weighted by molar-refractivity contribution is -0.386. The minimum Gasteiger partial charge on any atom is -0.394 e. The summed E-state index contributed by atoms with van der Waals surface area (Å²) in [6.07, 6.45) is 1.51. The number of aryl methyl sites for hydroxylation is 1. The van der Waals surface area contributed by atoms with E-state index >= 15 is 0 Å². The summed E-state index contributed by atoms with van der Waals surface area (Å²) in [5.41, 5.74) is 0.0974. The largest absolute Gasteiger partial charge is 0.394 e. The number of nitro groups is 1. The van der Waals surface area contributed by atoms with E-state index in [1.807, 2.05) is 0 Å². The predicted molar refractivity (Wildman–Crippen MR) is 65.5 cm³/mol. The number of carbonyl (C=O) groups is 1. The number of nitrogens with zero attached hydrogens (tertiary/aromatic N) is 3. The molecule has 0 saturated heterocycles. The third-order valence-electron chi connectivity index (χ3n) is 3.38. The van der Waals surface area contributed by atoms with E-state index in [1.165, 1.54) is 11.6 Å². The Labute approximate surface area is 109 Å². The van der Waals surface area contributed by atoms with Gasteiger partial charge in [0.05, 0.1) is 17.1 Å². The van der Waals surface area contributed by atoms with Crippen LogP contribution < -0.4 is 5.32 Å². The van der Waals surface area contributed by atoms with Crippen LogP contribution in [0.1, 0.15) is 24.2 Å². The lowest BCUT2D eigenvalue weighted by atomic mass is 10.3. The number of aliphatic hydroxyl groups is 1. The Morgan fingerprint density at radius 3 is 2.63 bits per heavy atom. The number of hydrogen-bond donors (Lipinski definition) is 2. The monoisotopic (exact) mass is 268 g/mol. The van der Waals surface area contributed by atoms with Gasteiger partial charge in [-0.05, 0) is 26.7 Å². The molecule has 104 valence electrons. The molecule has 0 unspecified atom stereocenters. The SMILES string of the molecule is Cc1nn(CC(=O)NC2(CO)CC2)c(C)c1[N+](=O)[O-]. The minimum atomic E-state index is -0.498. The first kappa shape index (κ1) is 13.5. The van der Waals surface area contributed by atoms with Crippen molar-refractivity contribution in [2.75, 3.05) is 6.61 Å². The molecule has 0 aromatic carbocycles. The number of nitrogens with one attached hydrogen (secondary N) is 1. The van der Waals surface area contributed by atoms with Crippen LogP contribution in [-0.2, 0) is 11.3 Å². The summed E-state index contributed by atoms with van der Waals surface area (Å²) in [6.45, 7) is 2.93. The highest BCUT2D eigenvalue weighted by molar-refractivity contribution is 5.77. The number of aliphatic hydroxyl groups excluding tert-OH is 1. The fraction of sp³-hybridized carbons (Fsp3) is 0.636. The molecule has 1 aliphatic rings. The van der Waals surface area contributed by atoms with Crippen LogP contribution in [0, 0.1) is 24.0 Å². The van der Waals surface area contributed by atoms with E-state index < -0.39 is 10.5 Å². The maximum Gasteiger partial charge on any atom is 0.312 e. The molecule has 19 heavy (non-hydrogen) atoms. The van der Waals surface area contributed by atoms with Gasteiger partial charge in [0.1, 0.15) is 17.9 Å². The fourth-order valence-electron chi connectivity index (χ4n) is 2.05. The van der Waals surface area contributed by atoms with E-state index in [1.54, 1.807) is 6.92 Å². The molecule has 0 bridgehead atoms. The second kappa shape index (κ2) is 4.61. The molecule has 2 N–H and O–H groups in total. The predicted octanol–water partition coefficient (Wildman–Crippen LogP) is 0.0492. The quantitative estimate of drug-likeness (QED) is 0.579. The minimum absolute atomic E-state index is 0.0592. The number of rotatable bonds is 5. The highest BCUT2D eigenvalue weighted by Crippen LogP contribution is 2.34. The summed E-state index contributed by atoms with van der Waals surface area (Å²) in [7, 11) is 0. The van der Waals surface area contributed by atoms with Gasteiger partial charge in [-0.3, -0.25) is 19.6 Å². The molecule has 1 saturated carbocycles. The average Bonchev–Trinajstić information content (AvgIpc) is 3.02. The first-order valence-electron chi connectivity index (χ1n) is 5.99. The van der Waals surface area contributed by atoms with Crippen LogP contribution in [0.5, 0.6) is 0 Å². The lowest BCUT2D eigenvalue weighted by Gasteiger charge is -2.14. The van der Waals surface area contributed by atoms with Crippen molar-refractivity contribution < 1.29 is 14.8 Å². The molecule has 2 rings (SSSR count). The summed E-state index contributed by atoms with van der Waals surface area (Å²) in [6, 6.07) is 0. The Morgan fingerprint density at radius 2 is 2.21 bits per heavy atom. The molecule has 1 aliphatic carbocycles. The van der Waals surface area contributed by atoms with Gasteiger partial charge in [0, 0.05) is 0 Å². The standard InChI is InChI=1S/C11H16N4O4/c1-7-10(15(18)19)8(2)14(13-7)5-9(17)12-11(6-16)3-4-11/h16H,3-6H2,1-2H3,(H,12,17). The Kier molecular flexibility index (Phi) is 3.27. The fourth-order valence-corrected chi connectivity index (χ4v) is 2.05. The Morgan fingerprint density at radius 1 is 1.58 bits per heavy atom. The summed E-state index contributed by atoms with van der Waals surface area (Å²) >= 11 is 0. The molecular weight excluding hydrogens is 252 g/mol. The Bertz CT molecular complexity index is 533. The van der Waals surface area contributed by atoms with E-state index in [2.05, 4.69) is 10.4 Å². The maximum atomic E-state index is 11.8. The highest BCUT2D eigenvalue weighted by Gasteiger charge is 2.43. The molecule has 1 aromatic heterocycles. The first-order valence-corrected chi connectivity index (χ1v) is 5.99. The highest BCUT2D eigenvalue weighted by atomic mass is 16.6. The van der Waals surface area contributed by atoms with Crippen molar-refractivity contribution in [1.82, 2.24) is 15.1 Å². The summed E-state index contributed by atoms with van der Waals surface area (Å²) in [4.78, 5) is 22.2. The van der Waals surface area contributed by atoms with Gasteiger partial charge in [-0.25, -0.2) is 0 Å². The van der Waals surface area contributed by atoms with Gasteiger partial charge in [-0.2, -0.15) is 5.10 Å². The summed E-state index contributed by atoms with van der Waals surface area (Å²) < 4.78 is 1.32. The van der Waals surface area contributed by atoms with Crippen LogP contribution >= 0.6 is 0 Å². The van der Waals surface area contributed by atoms with Gasteiger partial charge in [-0.15, -0.1) is 0 Å². The number of amides is 1. The van der Waals surface area contributed by atoms with E-state index in [-0.39, 0.29) is 24.7 Å². The van der Waals surface area contributed by atoms with Crippen LogP contribution in [0.25, 0.3) is 0 Å². The van der Waals surface area contributed by atoms with Crippen LogP contribution in [-0.4, -0.2) is 37.9 Å². The van der Waals surface area contributed by atoms with Crippen molar-refractivity contribution in [2.24, 2.45) is 0 Å². The van der Waals surface area contributed by atoms with Crippen LogP contribution in [0.3, 0.4) is 0 Å². The molecule has 0 spiro atoms. The van der Waals surface area contributed by atoms with Gasteiger partial charge in [0.2, 0.25) is 5.91 Å². The van der Waals surface area contributed by atoms with Gasteiger partial charge in [0.25, 0.3) is 0 Å². The molecule has 0 atom stereocenters. The molecule has 8 heteroatoms. The van der Waals surface area contributed by atoms with Gasteiger partial charge in [0.15, 0.2) is 0 Å². The normalized spacial score (nSPS) is 16.2. The number of aromatic nitrogens is 2. The smallest absolute Gasteiger partial charge is 0.312 e. The van der Waals surface area contributed by atoms with Crippen molar-refractivity contribution in [3.8, 4) is 0 Å². The van der Waals surface area contributed by atoms with Crippen molar-refractivity contribution >= 4 is 11.6 Å². The van der Waals surface area contributed by atoms with Gasteiger partial charge >= 0.3 is 5.69 Å². The van der Waals surface area contributed by atoms with Gasteiger partial charge in [-0.1, -0.05) is 0 Å². The Hall–Kier alpha value is -1.96. The zero-order valence-electron chi connectivity index (χ0n) is 10.8. The topological polar surface area (TPSA) is 110 Å². The van der Waals surface area contributed by atoms with E-state index in [9.17, 15) is 14.9 Å². The zero-order chi connectivity index (χ0) is 14.2. The summed E-state index contributed by atoms with van der Waals surface area (Å²) in [5.74, 6) is -0.299. The molecule has 1 aromatic rings. The van der Waals surface area contributed by atoms with Crippen molar-refractivity contribution in [3.63, 3.8) is 0 Å². The molecule has 1 heterocycles.